The molecule has 5 nitrogen and oxygen atoms in total. The maximum absolute atomic E-state index is 13.3. The zero-order valence-electron chi connectivity index (χ0n) is 15.2. The summed E-state index contributed by atoms with van der Waals surface area (Å²) in [6, 6.07) is 1.07. The van der Waals surface area contributed by atoms with Gasteiger partial charge in [-0.2, -0.15) is 5.10 Å². The fourth-order valence-corrected chi connectivity index (χ4v) is 5.34. The van der Waals surface area contributed by atoms with Crippen LogP contribution < -0.4 is 5.56 Å². The second-order valence-electron chi connectivity index (χ2n) is 8.24. The molecule has 2 aliphatic carbocycles. The quantitative estimate of drug-likeness (QED) is 0.844. The van der Waals surface area contributed by atoms with Crippen molar-refractivity contribution in [2.45, 2.75) is 69.9 Å². The van der Waals surface area contributed by atoms with Gasteiger partial charge in [-0.3, -0.25) is 18.9 Å². The molecule has 1 saturated heterocycles. The lowest BCUT2D eigenvalue weighted by molar-refractivity contribution is 0.0411. The van der Waals surface area contributed by atoms with Gasteiger partial charge in [0, 0.05) is 37.1 Å². The van der Waals surface area contributed by atoms with Crippen molar-refractivity contribution in [2.24, 2.45) is 7.05 Å². The molecule has 134 valence electrons. The van der Waals surface area contributed by atoms with Crippen LogP contribution in [0.2, 0.25) is 0 Å². The first-order chi connectivity index (χ1) is 12.2. The lowest BCUT2D eigenvalue weighted by Gasteiger charge is -2.46. The van der Waals surface area contributed by atoms with E-state index in [4.69, 9.17) is 0 Å². The molecule has 0 amide bonds. The highest BCUT2D eigenvalue weighted by atomic mass is 16.1. The van der Waals surface area contributed by atoms with Gasteiger partial charge in [0.15, 0.2) is 0 Å². The van der Waals surface area contributed by atoms with Gasteiger partial charge in [-0.25, -0.2) is 0 Å². The molecule has 0 radical (unpaired) electrons. The van der Waals surface area contributed by atoms with E-state index in [0.717, 1.165) is 49.6 Å². The van der Waals surface area contributed by atoms with Crippen LogP contribution in [-0.4, -0.2) is 38.4 Å². The highest BCUT2D eigenvalue weighted by Crippen LogP contribution is 2.33. The molecule has 0 N–H and O–H groups in total. The Kier molecular flexibility index (Phi) is 3.73. The van der Waals surface area contributed by atoms with E-state index in [1.165, 1.54) is 49.5 Å². The molecule has 25 heavy (non-hydrogen) atoms. The molecular formula is C20H28N4O. The van der Waals surface area contributed by atoms with E-state index in [1.807, 2.05) is 17.9 Å². The van der Waals surface area contributed by atoms with Crippen molar-refractivity contribution in [1.82, 2.24) is 19.2 Å². The molecule has 5 rings (SSSR count). The molecule has 1 saturated carbocycles. The first-order valence-corrected chi connectivity index (χ1v) is 10.1. The van der Waals surface area contributed by atoms with E-state index in [9.17, 15) is 4.79 Å². The number of pyridine rings is 1. The fourth-order valence-electron chi connectivity index (χ4n) is 5.34. The van der Waals surface area contributed by atoms with Gasteiger partial charge >= 0.3 is 0 Å². The molecule has 0 atom stereocenters. The maximum atomic E-state index is 13.3. The highest BCUT2D eigenvalue weighted by molar-refractivity contribution is 5.81. The van der Waals surface area contributed by atoms with Crippen molar-refractivity contribution in [1.29, 1.82) is 0 Å². The summed E-state index contributed by atoms with van der Waals surface area (Å²) in [4.78, 5) is 15.9. The van der Waals surface area contributed by atoms with Crippen LogP contribution >= 0.6 is 0 Å². The van der Waals surface area contributed by atoms with Crippen molar-refractivity contribution in [3.63, 3.8) is 0 Å². The Balaban J connectivity index is 1.52. The highest BCUT2D eigenvalue weighted by Gasteiger charge is 2.36. The van der Waals surface area contributed by atoms with Crippen molar-refractivity contribution in [2.75, 3.05) is 13.1 Å². The van der Waals surface area contributed by atoms with Gasteiger partial charge in [0.25, 0.3) is 5.56 Å². The summed E-state index contributed by atoms with van der Waals surface area (Å²) < 4.78 is 4.00. The normalized spacial score (nSPS) is 22.9. The first-order valence-electron chi connectivity index (χ1n) is 10.1. The predicted octanol–water partition coefficient (Wildman–Crippen LogP) is 2.80. The second-order valence-corrected chi connectivity index (χ2v) is 8.24. The van der Waals surface area contributed by atoms with Crippen LogP contribution in [-0.2, 0) is 19.9 Å². The Labute approximate surface area is 148 Å². The summed E-state index contributed by atoms with van der Waals surface area (Å²) in [6.07, 6.45) is 13.1. The van der Waals surface area contributed by atoms with Crippen LogP contribution in [0.15, 0.2) is 11.0 Å². The Morgan fingerprint density at radius 1 is 0.960 bits per heavy atom. The molecule has 0 spiro atoms. The van der Waals surface area contributed by atoms with Gasteiger partial charge < -0.3 is 0 Å². The molecular weight excluding hydrogens is 312 g/mol. The first kappa shape index (κ1) is 15.6. The average Bonchev–Trinajstić information content (AvgIpc) is 2.99. The minimum atomic E-state index is 0.263. The number of hydrogen-bond donors (Lipinski definition) is 0. The number of nitrogens with zero attached hydrogens (tertiary/aromatic N) is 4. The predicted molar refractivity (Wildman–Crippen MR) is 99.1 cm³/mol. The minimum absolute atomic E-state index is 0.263. The summed E-state index contributed by atoms with van der Waals surface area (Å²) in [5, 5.41) is 5.71. The molecule has 3 aliphatic rings. The van der Waals surface area contributed by atoms with Crippen molar-refractivity contribution < 1.29 is 0 Å². The zero-order valence-corrected chi connectivity index (χ0v) is 15.2. The van der Waals surface area contributed by atoms with E-state index < -0.39 is 0 Å². The molecule has 2 aromatic rings. The lowest BCUT2D eigenvalue weighted by atomic mass is 9.89. The average molecular weight is 340 g/mol. The third-order valence-electron chi connectivity index (χ3n) is 6.75. The standard InChI is InChI=1S/C20H28N4O/c1-22-19-18(11-21-22)16-9-5-6-10-17(16)20(25)24(19)15-12-23(13-15)14-7-3-2-4-8-14/h11,14-15H,2-10,12-13H2,1H3. The summed E-state index contributed by atoms with van der Waals surface area (Å²) >= 11 is 0. The van der Waals surface area contributed by atoms with E-state index in [1.54, 1.807) is 0 Å². The van der Waals surface area contributed by atoms with Gasteiger partial charge in [-0.05, 0) is 44.1 Å². The number of aryl methyl sites for hydroxylation is 2. The third kappa shape index (κ3) is 2.39. The fraction of sp³-hybridized carbons (Fsp3) is 0.700. The largest absolute Gasteiger partial charge is 0.296 e. The molecule has 2 fully saturated rings. The molecule has 2 aromatic heterocycles. The number of aromatic nitrogens is 3. The van der Waals surface area contributed by atoms with Crippen molar-refractivity contribution >= 4 is 11.0 Å². The topological polar surface area (TPSA) is 43.1 Å². The molecule has 0 bridgehead atoms. The molecule has 5 heteroatoms. The summed E-state index contributed by atoms with van der Waals surface area (Å²) in [5.74, 6) is 0. The van der Waals surface area contributed by atoms with Crippen LogP contribution in [0.5, 0.6) is 0 Å². The number of hydrogen-bond acceptors (Lipinski definition) is 3. The minimum Gasteiger partial charge on any atom is -0.296 e. The van der Waals surface area contributed by atoms with Crippen LogP contribution in [0.4, 0.5) is 0 Å². The van der Waals surface area contributed by atoms with Gasteiger partial charge in [0.1, 0.15) is 5.65 Å². The number of likely N-dealkylation sites (tertiary alicyclic amines) is 1. The zero-order chi connectivity index (χ0) is 17.0. The maximum Gasteiger partial charge on any atom is 0.256 e. The smallest absolute Gasteiger partial charge is 0.256 e. The molecule has 3 heterocycles. The van der Waals surface area contributed by atoms with Crippen molar-refractivity contribution in [3.05, 3.63) is 27.7 Å². The van der Waals surface area contributed by atoms with Crippen molar-refractivity contribution in [3.8, 4) is 0 Å². The van der Waals surface area contributed by atoms with Gasteiger partial charge in [-0.1, -0.05) is 19.3 Å². The Morgan fingerprint density at radius 3 is 2.44 bits per heavy atom. The van der Waals surface area contributed by atoms with Gasteiger partial charge in [-0.15, -0.1) is 0 Å². The Bertz CT molecular complexity index is 853. The Morgan fingerprint density at radius 2 is 1.68 bits per heavy atom. The van der Waals surface area contributed by atoms with Crippen LogP contribution in [0.25, 0.3) is 11.0 Å². The molecule has 0 unspecified atom stereocenters. The second kappa shape index (κ2) is 5.97. The summed E-state index contributed by atoms with van der Waals surface area (Å²) in [5.41, 5.74) is 3.65. The Hall–Kier alpha value is -1.62. The van der Waals surface area contributed by atoms with Crippen LogP contribution in [0, 0.1) is 0 Å². The van der Waals surface area contributed by atoms with E-state index in [-0.39, 0.29) is 5.56 Å². The van der Waals surface area contributed by atoms with Crippen LogP contribution in [0.1, 0.15) is 62.1 Å². The number of rotatable bonds is 2. The van der Waals surface area contributed by atoms with Gasteiger partial charge in [0.2, 0.25) is 0 Å². The molecule has 1 aliphatic heterocycles. The van der Waals surface area contributed by atoms with E-state index in [0.29, 0.717) is 6.04 Å². The molecule has 0 aromatic carbocycles. The summed E-state index contributed by atoms with van der Waals surface area (Å²) in [7, 11) is 1.98. The van der Waals surface area contributed by atoms with E-state index in [2.05, 4.69) is 14.6 Å². The third-order valence-corrected chi connectivity index (χ3v) is 6.75. The SMILES string of the molecule is Cn1ncc2c3c(c(=O)n(C4CN(C5CCCCC5)C4)c21)CCCC3. The summed E-state index contributed by atoms with van der Waals surface area (Å²) in [6.45, 7) is 2.06. The monoisotopic (exact) mass is 340 g/mol. The lowest BCUT2D eigenvalue weighted by Crippen LogP contribution is -2.55. The number of fused-ring (bicyclic) bond motifs is 3. The van der Waals surface area contributed by atoms with Crippen LogP contribution in [0.3, 0.4) is 0 Å². The van der Waals surface area contributed by atoms with Gasteiger partial charge in [0.05, 0.1) is 12.2 Å². The van der Waals surface area contributed by atoms with E-state index >= 15 is 0 Å².